The first-order valence-electron chi connectivity index (χ1n) is 5.86. The maximum absolute atomic E-state index is 12.5. The maximum atomic E-state index is 12.5. The molecule has 0 bridgehead atoms. The highest BCUT2D eigenvalue weighted by Gasteiger charge is 2.30. The first kappa shape index (κ1) is 15.3. The Hall–Kier alpha value is -0.740. The van der Waals surface area contributed by atoms with Gasteiger partial charge in [0.05, 0.1) is 5.56 Å². The topological polar surface area (TPSA) is 12.0 Å². The van der Waals surface area contributed by atoms with E-state index in [0.29, 0.717) is 23.9 Å². The molecule has 0 saturated heterocycles. The minimum absolute atomic E-state index is 0.424. The summed E-state index contributed by atoms with van der Waals surface area (Å²) in [5, 5.41) is 3.14. The summed E-state index contributed by atoms with van der Waals surface area (Å²) < 4.78 is 37.5. The largest absolute Gasteiger partial charge is 0.416 e. The summed E-state index contributed by atoms with van der Waals surface area (Å²) in [6.45, 7) is 3.25. The minimum atomic E-state index is -4.28. The molecule has 102 valence electrons. The van der Waals surface area contributed by atoms with E-state index in [-0.39, 0.29) is 0 Å². The molecule has 1 rings (SSSR count). The van der Waals surface area contributed by atoms with Crippen LogP contribution < -0.4 is 5.32 Å². The van der Waals surface area contributed by atoms with Crippen molar-refractivity contribution in [3.05, 3.63) is 35.4 Å². The lowest BCUT2D eigenvalue weighted by molar-refractivity contribution is -0.137. The van der Waals surface area contributed by atoms with Crippen LogP contribution in [0, 0.1) is 5.92 Å². The van der Waals surface area contributed by atoms with Crippen LogP contribution in [0.4, 0.5) is 13.2 Å². The second-order valence-electron chi connectivity index (χ2n) is 4.41. The maximum Gasteiger partial charge on any atom is 0.416 e. The predicted octanol–water partition coefficient (Wildman–Crippen LogP) is 4.06. The van der Waals surface area contributed by atoms with Crippen LogP contribution in [0.25, 0.3) is 0 Å². The van der Waals surface area contributed by atoms with Crippen molar-refractivity contribution < 1.29 is 13.2 Å². The van der Waals surface area contributed by atoms with E-state index in [9.17, 15) is 13.2 Å². The van der Waals surface area contributed by atoms with Crippen molar-refractivity contribution in [1.29, 1.82) is 0 Å². The van der Waals surface area contributed by atoms with Gasteiger partial charge in [0.15, 0.2) is 0 Å². The van der Waals surface area contributed by atoms with Gasteiger partial charge in [0.2, 0.25) is 0 Å². The summed E-state index contributed by atoms with van der Waals surface area (Å²) in [5.74, 6) is 1.03. The molecular weight excluding hydrogens is 263 g/mol. The lowest BCUT2D eigenvalue weighted by Gasteiger charge is -2.12. The number of rotatable bonds is 6. The normalized spacial score (nSPS) is 13.6. The Morgan fingerprint density at radius 1 is 1.33 bits per heavy atom. The Bertz CT molecular complexity index is 365. The van der Waals surface area contributed by atoms with Gasteiger partial charge in [0.1, 0.15) is 0 Å². The third kappa shape index (κ3) is 5.27. The third-order valence-electron chi connectivity index (χ3n) is 2.68. The molecule has 0 aliphatic heterocycles. The number of hydrogen-bond acceptors (Lipinski definition) is 1. The molecular formula is C13H17ClF3N. The predicted molar refractivity (Wildman–Crippen MR) is 67.7 cm³/mol. The van der Waals surface area contributed by atoms with Crippen LogP contribution in [0.15, 0.2) is 24.3 Å². The molecule has 0 heterocycles. The number of hydrogen-bond donors (Lipinski definition) is 1. The van der Waals surface area contributed by atoms with Crippen molar-refractivity contribution in [2.24, 2.45) is 5.92 Å². The fourth-order valence-corrected chi connectivity index (χ4v) is 1.98. The molecule has 0 saturated carbocycles. The Labute approximate surface area is 110 Å². The monoisotopic (exact) mass is 279 g/mol. The number of alkyl halides is 4. The van der Waals surface area contributed by atoms with Gasteiger partial charge in [0.25, 0.3) is 0 Å². The fourth-order valence-electron chi connectivity index (χ4n) is 1.61. The highest BCUT2D eigenvalue weighted by atomic mass is 35.5. The SMILES string of the molecule is CC(CCCl)CNCc1cccc(C(F)(F)F)c1. The number of benzene rings is 1. The highest BCUT2D eigenvalue weighted by molar-refractivity contribution is 6.17. The molecule has 1 aromatic carbocycles. The molecule has 5 heteroatoms. The van der Waals surface area contributed by atoms with E-state index in [2.05, 4.69) is 12.2 Å². The van der Waals surface area contributed by atoms with Crippen LogP contribution in [0.1, 0.15) is 24.5 Å². The third-order valence-corrected chi connectivity index (χ3v) is 2.90. The van der Waals surface area contributed by atoms with E-state index < -0.39 is 11.7 Å². The van der Waals surface area contributed by atoms with Gasteiger partial charge < -0.3 is 5.32 Å². The Kier molecular flexibility index (Phi) is 5.96. The van der Waals surface area contributed by atoms with E-state index >= 15 is 0 Å². The number of halogens is 4. The van der Waals surface area contributed by atoms with E-state index in [1.54, 1.807) is 6.07 Å². The number of nitrogens with one attached hydrogen (secondary N) is 1. The molecule has 1 nitrogen and oxygen atoms in total. The summed E-state index contributed by atoms with van der Waals surface area (Å²) >= 11 is 5.61. The van der Waals surface area contributed by atoms with Gasteiger partial charge in [-0.05, 0) is 30.5 Å². The molecule has 1 N–H and O–H groups in total. The van der Waals surface area contributed by atoms with Gasteiger partial charge in [-0.15, -0.1) is 11.6 Å². The molecule has 1 unspecified atom stereocenters. The molecule has 0 fully saturated rings. The molecule has 0 aromatic heterocycles. The van der Waals surface area contributed by atoms with Crippen LogP contribution >= 0.6 is 11.6 Å². The van der Waals surface area contributed by atoms with Gasteiger partial charge in [-0.1, -0.05) is 25.1 Å². The van der Waals surface area contributed by atoms with Crippen molar-refractivity contribution in [2.75, 3.05) is 12.4 Å². The van der Waals surface area contributed by atoms with Crippen molar-refractivity contribution in [3.63, 3.8) is 0 Å². The molecule has 1 aromatic rings. The van der Waals surface area contributed by atoms with Crippen LogP contribution in [0.5, 0.6) is 0 Å². The first-order chi connectivity index (χ1) is 8.43. The van der Waals surface area contributed by atoms with Crippen LogP contribution in [-0.2, 0) is 12.7 Å². The van der Waals surface area contributed by atoms with E-state index in [4.69, 9.17) is 11.6 Å². The Morgan fingerprint density at radius 3 is 2.67 bits per heavy atom. The summed E-state index contributed by atoms with van der Waals surface area (Å²) in [4.78, 5) is 0. The van der Waals surface area contributed by atoms with Gasteiger partial charge >= 0.3 is 6.18 Å². The molecule has 0 radical (unpaired) electrons. The molecule has 0 aliphatic carbocycles. The second kappa shape index (κ2) is 7.00. The van der Waals surface area contributed by atoms with E-state index in [1.807, 2.05) is 0 Å². The lowest BCUT2D eigenvalue weighted by atomic mass is 10.1. The van der Waals surface area contributed by atoms with E-state index in [1.165, 1.54) is 12.1 Å². The summed E-state index contributed by atoms with van der Waals surface area (Å²) in [5.41, 5.74) is 0.0403. The standard InChI is InChI=1S/C13H17ClF3N/c1-10(5-6-14)8-18-9-11-3-2-4-12(7-11)13(15,16)17/h2-4,7,10,18H,5-6,8-9H2,1H3. The Balaban J connectivity index is 2.48. The van der Waals surface area contributed by atoms with E-state index in [0.717, 1.165) is 19.0 Å². The zero-order chi connectivity index (χ0) is 13.6. The average molecular weight is 280 g/mol. The molecule has 18 heavy (non-hydrogen) atoms. The Morgan fingerprint density at radius 2 is 2.06 bits per heavy atom. The summed E-state index contributed by atoms with van der Waals surface area (Å²) in [7, 11) is 0. The van der Waals surface area contributed by atoms with Crippen molar-refractivity contribution >= 4 is 11.6 Å². The fraction of sp³-hybridized carbons (Fsp3) is 0.538. The zero-order valence-corrected chi connectivity index (χ0v) is 11.0. The van der Waals surface area contributed by atoms with Crippen molar-refractivity contribution in [3.8, 4) is 0 Å². The molecule has 0 aliphatic rings. The first-order valence-corrected chi connectivity index (χ1v) is 6.39. The summed E-state index contributed by atoms with van der Waals surface area (Å²) in [6, 6.07) is 5.38. The lowest BCUT2D eigenvalue weighted by Crippen LogP contribution is -2.21. The quantitative estimate of drug-likeness (QED) is 0.775. The van der Waals surface area contributed by atoms with Gasteiger partial charge in [-0.25, -0.2) is 0 Å². The molecule has 0 spiro atoms. The van der Waals surface area contributed by atoms with Crippen molar-refractivity contribution in [1.82, 2.24) is 5.32 Å². The van der Waals surface area contributed by atoms with Gasteiger partial charge in [0, 0.05) is 12.4 Å². The van der Waals surface area contributed by atoms with Crippen molar-refractivity contribution in [2.45, 2.75) is 26.1 Å². The van der Waals surface area contributed by atoms with Gasteiger partial charge in [-0.2, -0.15) is 13.2 Å². The molecule has 0 amide bonds. The second-order valence-corrected chi connectivity index (χ2v) is 4.79. The summed E-state index contributed by atoms with van der Waals surface area (Å²) in [6.07, 6.45) is -3.38. The minimum Gasteiger partial charge on any atom is -0.312 e. The van der Waals surface area contributed by atoms with Crippen LogP contribution in [0.2, 0.25) is 0 Å². The molecule has 1 atom stereocenters. The smallest absolute Gasteiger partial charge is 0.312 e. The van der Waals surface area contributed by atoms with Gasteiger partial charge in [-0.3, -0.25) is 0 Å². The van der Waals surface area contributed by atoms with Crippen LogP contribution in [0.3, 0.4) is 0 Å². The van der Waals surface area contributed by atoms with Crippen LogP contribution in [-0.4, -0.2) is 12.4 Å². The highest BCUT2D eigenvalue weighted by Crippen LogP contribution is 2.29. The average Bonchev–Trinajstić information content (AvgIpc) is 2.29. The zero-order valence-electron chi connectivity index (χ0n) is 10.2.